The zero-order valence-electron chi connectivity index (χ0n) is 10.8. The van der Waals surface area contributed by atoms with Crippen molar-refractivity contribution in [2.45, 2.75) is 45.8 Å². The number of unbranched alkanes of at least 4 members (excludes halogenated alkanes) is 2. The number of hydrogen-bond donors (Lipinski definition) is 0. The van der Waals surface area contributed by atoms with Gasteiger partial charge in [0, 0.05) is 12.5 Å². The molecule has 3 heteroatoms. The third-order valence-corrected chi connectivity index (χ3v) is 2.60. The molecule has 90 valence electrons. The van der Waals surface area contributed by atoms with Gasteiger partial charge < -0.3 is 4.74 Å². The lowest BCUT2D eigenvalue weighted by molar-refractivity contribution is -0.137. The summed E-state index contributed by atoms with van der Waals surface area (Å²) in [7, 11) is -1.21. The Morgan fingerprint density at radius 3 is 2.62 bits per heavy atom. The van der Waals surface area contributed by atoms with E-state index in [2.05, 4.69) is 31.1 Å². The molecule has 0 radical (unpaired) electrons. The average molecular weight is 238 g/mol. The normalized spacial score (nSPS) is 11.0. The molecule has 0 aliphatic heterocycles. The Hall–Kier alpha value is -1.01. The number of hydrogen-bond acceptors (Lipinski definition) is 2. The third kappa shape index (κ3) is 11.1. The van der Waals surface area contributed by atoms with Gasteiger partial charge in [-0.25, -0.2) is 4.79 Å². The van der Waals surface area contributed by atoms with Crippen molar-refractivity contribution in [3.63, 3.8) is 0 Å². The molecule has 0 N–H and O–H groups in total. The molecule has 0 unspecified atom stereocenters. The summed E-state index contributed by atoms with van der Waals surface area (Å²) in [5.74, 6) is 2.95. The maximum Gasteiger partial charge on any atom is 0.330 e. The molecule has 0 aromatic heterocycles. The Morgan fingerprint density at radius 2 is 2.06 bits per heavy atom. The molecule has 0 fully saturated rings. The van der Waals surface area contributed by atoms with Gasteiger partial charge in [-0.15, -0.1) is 11.5 Å². The molecule has 2 nitrogen and oxygen atoms in total. The minimum atomic E-state index is -1.21. The number of ether oxygens (including phenoxy) is 1. The summed E-state index contributed by atoms with van der Waals surface area (Å²) in [6.45, 7) is 8.95. The van der Waals surface area contributed by atoms with E-state index in [1.807, 2.05) is 6.08 Å². The number of allylic oxidation sites excluding steroid dienone is 1. The second-order valence-corrected chi connectivity index (χ2v) is 9.35. The Kier molecular flexibility index (Phi) is 7.66. The minimum Gasteiger partial charge on any atom is -0.463 e. The predicted octanol–water partition coefficient (Wildman–Crippen LogP) is 3.16. The van der Waals surface area contributed by atoms with Crippen LogP contribution in [0.1, 0.15) is 26.2 Å². The highest BCUT2D eigenvalue weighted by molar-refractivity contribution is 6.83. The van der Waals surface area contributed by atoms with Crippen LogP contribution in [0.3, 0.4) is 0 Å². The van der Waals surface area contributed by atoms with Crippen LogP contribution in [-0.2, 0) is 9.53 Å². The van der Waals surface area contributed by atoms with Crippen molar-refractivity contribution in [2.24, 2.45) is 0 Å². The lowest BCUT2D eigenvalue weighted by atomic mass is 10.2. The first-order valence-corrected chi connectivity index (χ1v) is 9.29. The molecule has 0 saturated heterocycles. The summed E-state index contributed by atoms with van der Waals surface area (Å²) in [6, 6.07) is 0. The van der Waals surface area contributed by atoms with E-state index in [-0.39, 0.29) is 5.97 Å². The summed E-state index contributed by atoms with van der Waals surface area (Å²) in [5, 5.41) is 0. The van der Waals surface area contributed by atoms with E-state index < -0.39 is 8.07 Å². The molecule has 0 heterocycles. The first-order valence-electron chi connectivity index (χ1n) is 5.79. The smallest absolute Gasteiger partial charge is 0.330 e. The van der Waals surface area contributed by atoms with Crippen LogP contribution < -0.4 is 0 Å². The Labute approximate surface area is 100 Å². The highest BCUT2D eigenvalue weighted by Crippen LogP contribution is 1.99. The second kappa shape index (κ2) is 8.18. The van der Waals surface area contributed by atoms with E-state index in [0.29, 0.717) is 6.61 Å². The third-order valence-electron chi connectivity index (χ3n) is 1.68. The second-order valence-electron chi connectivity index (χ2n) is 4.60. The minimum absolute atomic E-state index is 0.254. The van der Waals surface area contributed by atoms with Gasteiger partial charge in [-0.3, -0.25) is 0 Å². The van der Waals surface area contributed by atoms with Crippen LogP contribution >= 0.6 is 0 Å². The van der Waals surface area contributed by atoms with Crippen LogP contribution in [0.5, 0.6) is 0 Å². The van der Waals surface area contributed by atoms with E-state index >= 15 is 0 Å². The van der Waals surface area contributed by atoms with Gasteiger partial charge in [0.15, 0.2) is 0 Å². The maximum absolute atomic E-state index is 10.9. The van der Waals surface area contributed by atoms with Crippen LogP contribution in [0.2, 0.25) is 19.6 Å². The molecule has 0 saturated carbocycles. The quantitative estimate of drug-likeness (QED) is 0.242. The van der Waals surface area contributed by atoms with Crippen molar-refractivity contribution in [1.82, 2.24) is 0 Å². The molecule has 0 aliphatic carbocycles. The van der Waals surface area contributed by atoms with Crippen LogP contribution in [0, 0.1) is 11.5 Å². The monoisotopic (exact) mass is 238 g/mol. The fraction of sp³-hybridized carbons (Fsp3) is 0.615. The number of carbonyl (C=O) groups excluding carboxylic acids is 1. The van der Waals surface area contributed by atoms with Gasteiger partial charge >= 0.3 is 5.97 Å². The van der Waals surface area contributed by atoms with Gasteiger partial charge in [0.1, 0.15) is 8.07 Å². The number of esters is 1. The van der Waals surface area contributed by atoms with Crippen LogP contribution in [0.15, 0.2) is 12.2 Å². The topological polar surface area (TPSA) is 26.3 Å². The predicted molar refractivity (Wildman–Crippen MR) is 70.7 cm³/mol. The molecule has 0 amide bonds. The zero-order chi connectivity index (χ0) is 12.4. The van der Waals surface area contributed by atoms with E-state index in [9.17, 15) is 4.79 Å². The molecule has 0 aromatic carbocycles. The largest absolute Gasteiger partial charge is 0.463 e. The Morgan fingerprint density at radius 1 is 1.38 bits per heavy atom. The van der Waals surface area contributed by atoms with E-state index in [1.165, 1.54) is 6.08 Å². The zero-order valence-corrected chi connectivity index (χ0v) is 11.8. The first kappa shape index (κ1) is 15.0. The maximum atomic E-state index is 10.9. The lowest BCUT2D eigenvalue weighted by Gasteiger charge is -2.02. The van der Waals surface area contributed by atoms with Crippen molar-refractivity contribution < 1.29 is 9.53 Å². The van der Waals surface area contributed by atoms with Gasteiger partial charge in [-0.1, -0.05) is 25.7 Å². The van der Waals surface area contributed by atoms with E-state index in [1.54, 1.807) is 6.92 Å². The molecule has 0 atom stereocenters. The molecule has 0 bridgehead atoms. The molecule has 0 rings (SSSR count). The fourth-order valence-electron chi connectivity index (χ4n) is 1.01. The van der Waals surface area contributed by atoms with Gasteiger partial charge in [-0.05, 0) is 19.8 Å². The standard InChI is InChI=1S/C13H22O2Si/c1-5-15-13(14)11-9-7-6-8-10-12-16(2,3)4/h9,11H,5-8H2,1-4H3/b11-9+. The van der Waals surface area contributed by atoms with Crippen molar-refractivity contribution in [3.05, 3.63) is 12.2 Å². The molecular weight excluding hydrogens is 216 g/mol. The molecule has 0 spiro atoms. The van der Waals surface area contributed by atoms with Gasteiger partial charge in [0.05, 0.1) is 6.61 Å². The molecular formula is C13H22O2Si. The van der Waals surface area contributed by atoms with Crippen molar-refractivity contribution in [1.29, 1.82) is 0 Å². The van der Waals surface area contributed by atoms with E-state index in [0.717, 1.165) is 19.3 Å². The Bertz CT molecular complexity index is 289. The highest BCUT2D eigenvalue weighted by atomic mass is 28.3. The van der Waals surface area contributed by atoms with E-state index in [4.69, 9.17) is 4.74 Å². The SMILES string of the molecule is CCOC(=O)/C=C/CCCC#C[Si](C)(C)C. The van der Waals surface area contributed by atoms with Crippen LogP contribution in [-0.4, -0.2) is 20.7 Å². The number of rotatable bonds is 5. The van der Waals surface area contributed by atoms with Crippen LogP contribution in [0.4, 0.5) is 0 Å². The van der Waals surface area contributed by atoms with Crippen molar-refractivity contribution >= 4 is 14.0 Å². The summed E-state index contributed by atoms with van der Waals surface area (Å²) in [5.41, 5.74) is 3.32. The van der Waals surface area contributed by atoms with Crippen molar-refractivity contribution in [2.75, 3.05) is 6.61 Å². The van der Waals surface area contributed by atoms with Gasteiger partial charge in [-0.2, -0.15) is 0 Å². The van der Waals surface area contributed by atoms with Crippen LogP contribution in [0.25, 0.3) is 0 Å². The van der Waals surface area contributed by atoms with Gasteiger partial charge in [0.2, 0.25) is 0 Å². The summed E-state index contributed by atoms with van der Waals surface area (Å²) >= 11 is 0. The highest BCUT2D eigenvalue weighted by Gasteiger charge is 2.06. The molecule has 0 aromatic rings. The van der Waals surface area contributed by atoms with Crippen molar-refractivity contribution in [3.8, 4) is 11.5 Å². The fourth-order valence-corrected chi connectivity index (χ4v) is 1.66. The number of carbonyl (C=O) groups is 1. The average Bonchev–Trinajstić information content (AvgIpc) is 2.15. The molecule has 0 aliphatic rings. The molecule has 16 heavy (non-hydrogen) atoms. The first-order chi connectivity index (χ1) is 7.45. The lowest BCUT2D eigenvalue weighted by Crippen LogP contribution is -2.16. The summed E-state index contributed by atoms with van der Waals surface area (Å²) < 4.78 is 4.77. The summed E-state index contributed by atoms with van der Waals surface area (Å²) in [6.07, 6.45) is 6.16. The Balaban J connectivity index is 3.60. The summed E-state index contributed by atoms with van der Waals surface area (Å²) in [4.78, 5) is 10.9. The van der Waals surface area contributed by atoms with Gasteiger partial charge in [0.25, 0.3) is 0 Å².